The minimum atomic E-state index is -0.390. The monoisotopic (exact) mass is 300 g/mol. The number of amides is 1. The van der Waals surface area contributed by atoms with Crippen LogP contribution in [0.3, 0.4) is 0 Å². The maximum atomic E-state index is 11.1. The van der Waals surface area contributed by atoms with E-state index >= 15 is 0 Å². The van der Waals surface area contributed by atoms with Gasteiger partial charge in [0.05, 0.1) is 5.69 Å². The standard InChI is InChI=1S/C16H20N4O2/c1-12-10-14(18-22-12)11-19-6-8-20(9-7-19)15-4-2-13(3-5-15)16(17)21/h2-5,10H,6-9,11H2,1H3,(H2,17,21). The summed E-state index contributed by atoms with van der Waals surface area (Å²) in [6, 6.07) is 9.45. The van der Waals surface area contributed by atoms with Crippen LogP contribution in [0, 0.1) is 6.92 Å². The van der Waals surface area contributed by atoms with E-state index in [1.807, 2.05) is 25.1 Å². The fraction of sp³-hybridized carbons (Fsp3) is 0.375. The Morgan fingerprint density at radius 2 is 1.91 bits per heavy atom. The summed E-state index contributed by atoms with van der Waals surface area (Å²) in [4.78, 5) is 15.8. The predicted molar refractivity (Wildman–Crippen MR) is 83.7 cm³/mol. The molecule has 2 heterocycles. The van der Waals surface area contributed by atoms with E-state index in [2.05, 4.69) is 15.0 Å². The van der Waals surface area contributed by atoms with Crippen molar-refractivity contribution < 1.29 is 9.32 Å². The van der Waals surface area contributed by atoms with Crippen LogP contribution in [0.4, 0.5) is 5.69 Å². The third kappa shape index (κ3) is 3.28. The van der Waals surface area contributed by atoms with Gasteiger partial charge >= 0.3 is 0 Å². The van der Waals surface area contributed by atoms with Gasteiger partial charge in [-0.3, -0.25) is 9.69 Å². The zero-order valence-corrected chi connectivity index (χ0v) is 12.7. The van der Waals surface area contributed by atoms with Crippen LogP contribution >= 0.6 is 0 Å². The Morgan fingerprint density at radius 1 is 1.23 bits per heavy atom. The summed E-state index contributed by atoms with van der Waals surface area (Å²) in [6.07, 6.45) is 0. The van der Waals surface area contributed by atoms with Crippen LogP contribution in [-0.2, 0) is 6.54 Å². The van der Waals surface area contributed by atoms with E-state index in [0.29, 0.717) is 5.56 Å². The lowest BCUT2D eigenvalue weighted by molar-refractivity contribution is 0.100. The lowest BCUT2D eigenvalue weighted by atomic mass is 10.1. The third-order valence-corrected chi connectivity index (χ3v) is 3.95. The zero-order valence-electron chi connectivity index (χ0n) is 12.7. The van der Waals surface area contributed by atoms with Gasteiger partial charge in [-0.05, 0) is 31.2 Å². The molecule has 0 aliphatic carbocycles. The second kappa shape index (κ2) is 6.19. The summed E-state index contributed by atoms with van der Waals surface area (Å²) in [6.45, 7) is 6.59. The molecule has 1 aliphatic heterocycles. The predicted octanol–water partition coefficient (Wildman–Crippen LogP) is 1.40. The molecule has 0 radical (unpaired) electrons. The van der Waals surface area contributed by atoms with Crippen molar-refractivity contribution in [3.05, 3.63) is 47.3 Å². The number of nitrogens with two attached hydrogens (primary N) is 1. The van der Waals surface area contributed by atoms with Gasteiger partial charge in [-0.1, -0.05) is 5.16 Å². The SMILES string of the molecule is Cc1cc(CN2CCN(c3ccc(C(N)=O)cc3)CC2)no1. The first kappa shape index (κ1) is 14.6. The van der Waals surface area contributed by atoms with Crippen LogP contribution < -0.4 is 10.6 Å². The average Bonchev–Trinajstić information content (AvgIpc) is 2.93. The van der Waals surface area contributed by atoms with Crippen LogP contribution in [0.25, 0.3) is 0 Å². The highest BCUT2D eigenvalue weighted by Crippen LogP contribution is 2.18. The van der Waals surface area contributed by atoms with E-state index in [-0.39, 0.29) is 5.91 Å². The Labute approximate surface area is 129 Å². The summed E-state index contributed by atoms with van der Waals surface area (Å²) in [5, 5.41) is 4.04. The van der Waals surface area contributed by atoms with E-state index in [0.717, 1.165) is 49.9 Å². The van der Waals surface area contributed by atoms with Crippen molar-refractivity contribution in [3.8, 4) is 0 Å². The van der Waals surface area contributed by atoms with Crippen LogP contribution in [0.5, 0.6) is 0 Å². The number of benzene rings is 1. The molecule has 6 nitrogen and oxygen atoms in total. The highest BCUT2D eigenvalue weighted by Gasteiger charge is 2.18. The average molecular weight is 300 g/mol. The molecule has 0 saturated carbocycles. The lowest BCUT2D eigenvalue weighted by Crippen LogP contribution is -2.46. The van der Waals surface area contributed by atoms with Gasteiger partial charge in [-0.15, -0.1) is 0 Å². The maximum Gasteiger partial charge on any atom is 0.248 e. The van der Waals surface area contributed by atoms with Crippen LogP contribution in [0.15, 0.2) is 34.9 Å². The van der Waals surface area contributed by atoms with Gasteiger partial charge < -0.3 is 15.2 Å². The number of aryl methyl sites for hydroxylation is 1. The van der Waals surface area contributed by atoms with Crippen molar-refractivity contribution in [2.24, 2.45) is 5.73 Å². The molecule has 0 bridgehead atoms. The number of aromatic nitrogens is 1. The molecule has 1 saturated heterocycles. The van der Waals surface area contributed by atoms with Gasteiger partial charge in [0.2, 0.25) is 5.91 Å². The fourth-order valence-corrected chi connectivity index (χ4v) is 2.72. The lowest BCUT2D eigenvalue weighted by Gasteiger charge is -2.35. The number of hydrogen-bond acceptors (Lipinski definition) is 5. The minimum absolute atomic E-state index is 0.390. The number of nitrogens with zero attached hydrogens (tertiary/aromatic N) is 3. The van der Waals surface area contributed by atoms with Crippen LogP contribution in [-0.4, -0.2) is 42.1 Å². The molecule has 22 heavy (non-hydrogen) atoms. The third-order valence-electron chi connectivity index (χ3n) is 3.95. The Balaban J connectivity index is 1.56. The van der Waals surface area contributed by atoms with Crippen LogP contribution in [0.2, 0.25) is 0 Å². The van der Waals surface area contributed by atoms with Gasteiger partial charge in [-0.25, -0.2) is 0 Å². The molecule has 1 aliphatic rings. The van der Waals surface area contributed by atoms with Gasteiger partial charge in [0.25, 0.3) is 0 Å². The molecular weight excluding hydrogens is 280 g/mol. The number of anilines is 1. The number of piperazine rings is 1. The second-order valence-corrected chi connectivity index (χ2v) is 5.60. The smallest absolute Gasteiger partial charge is 0.248 e. The molecule has 116 valence electrons. The largest absolute Gasteiger partial charge is 0.369 e. The molecule has 0 unspecified atom stereocenters. The number of rotatable bonds is 4. The first-order chi connectivity index (χ1) is 10.6. The van der Waals surface area contributed by atoms with Gasteiger partial charge in [-0.2, -0.15) is 0 Å². The summed E-state index contributed by atoms with van der Waals surface area (Å²) >= 11 is 0. The van der Waals surface area contributed by atoms with E-state index in [1.54, 1.807) is 12.1 Å². The molecular formula is C16H20N4O2. The van der Waals surface area contributed by atoms with Crippen molar-refractivity contribution >= 4 is 11.6 Å². The molecule has 3 rings (SSSR count). The summed E-state index contributed by atoms with van der Waals surface area (Å²) in [5.41, 5.74) is 7.92. The second-order valence-electron chi connectivity index (χ2n) is 5.60. The Hall–Kier alpha value is -2.34. The molecule has 2 aromatic rings. The van der Waals surface area contributed by atoms with Crippen molar-refractivity contribution in [2.45, 2.75) is 13.5 Å². The van der Waals surface area contributed by atoms with E-state index in [9.17, 15) is 4.79 Å². The molecule has 0 spiro atoms. The van der Waals surface area contributed by atoms with Crippen molar-refractivity contribution in [2.75, 3.05) is 31.1 Å². The fourth-order valence-electron chi connectivity index (χ4n) is 2.72. The van der Waals surface area contributed by atoms with Crippen molar-refractivity contribution in [1.82, 2.24) is 10.1 Å². The van der Waals surface area contributed by atoms with Gasteiger partial charge in [0.1, 0.15) is 5.76 Å². The Bertz CT molecular complexity index is 642. The first-order valence-electron chi connectivity index (χ1n) is 7.41. The minimum Gasteiger partial charge on any atom is -0.369 e. The highest BCUT2D eigenvalue weighted by molar-refractivity contribution is 5.93. The number of carbonyl (C=O) groups excluding carboxylic acids is 1. The molecule has 6 heteroatoms. The first-order valence-corrected chi connectivity index (χ1v) is 7.41. The Kier molecular flexibility index (Phi) is 4.11. The summed E-state index contributed by atoms with van der Waals surface area (Å²) in [5.74, 6) is 0.461. The topological polar surface area (TPSA) is 75.6 Å². The van der Waals surface area contributed by atoms with E-state index < -0.39 is 0 Å². The molecule has 1 aromatic carbocycles. The summed E-state index contributed by atoms with van der Waals surface area (Å²) < 4.78 is 5.10. The van der Waals surface area contributed by atoms with E-state index in [4.69, 9.17) is 10.3 Å². The number of carbonyl (C=O) groups is 1. The molecule has 0 atom stereocenters. The zero-order chi connectivity index (χ0) is 15.5. The van der Waals surface area contributed by atoms with Crippen molar-refractivity contribution in [1.29, 1.82) is 0 Å². The molecule has 1 amide bonds. The number of primary amides is 1. The number of hydrogen-bond donors (Lipinski definition) is 1. The van der Waals surface area contributed by atoms with Crippen LogP contribution in [0.1, 0.15) is 21.8 Å². The molecule has 1 aromatic heterocycles. The van der Waals surface area contributed by atoms with Gasteiger partial charge in [0.15, 0.2) is 0 Å². The molecule has 2 N–H and O–H groups in total. The highest BCUT2D eigenvalue weighted by atomic mass is 16.5. The normalized spacial score (nSPS) is 16.0. The summed E-state index contributed by atoms with van der Waals surface area (Å²) in [7, 11) is 0. The molecule has 1 fully saturated rings. The van der Waals surface area contributed by atoms with Crippen molar-refractivity contribution in [3.63, 3.8) is 0 Å². The quantitative estimate of drug-likeness (QED) is 0.924. The Morgan fingerprint density at radius 3 is 2.45 bits per heavy atom. The van der Waals surface area contributed by atoms with Gasteiger partial charge in [0, 0.05) is 50.0 Å². The van der Waals surface area contributed by atoms with E-state index in [1.165, 1.54) is 0 Å². The maximum absolute atomic E-state index is 11.1.